The molecule has 1 aromatic heterocycles. The molecular formula is C19H29N5. The second kappa shape index (κ2) is 8.64. The number of anilines is 3. The van der Waals surface area contributed by atoms with Gasteiger partial charge in [-0.05, 0) is 57.1 Å². The van der Waals surface area contributed by atoms with E-state index in [-0.39, 0.29) is 0 Å². The predicted molar refractivity (Wildman–Crippen MR) is 102 cm³/mol. The molecule has 0 fully saturated rings. The summed E-state index contributed by atoms with van der Waals surface area (Å²) < 4.78 is 0. The Morgan fingerprint density at radius 2 is 1.96 bits per heavy atom. The molecule has 0 spiro atoms. The third kappa shape index (κ3) is 5.20. The number of aromatic nitrogens is 2. The first kappa shape index (κ1) is 18.2. The second-order valence-electron chi connectivity index (χ2n) is 6.67. The van der Waals surface area contributed by atoms with Gasteiger partial charge in [0.2, 0.25) is 5.95 Å². The zero-order valence-electron chi connectivity index (χ0n) is 15.4. The summed E-state index contributed by atoms with van der Waals surface area (Å²) in [4.78, 5) is 11.1. The lowest BCUT2D eigenvalue weighted by Gasteiger charge is -2.16. The van der Waals surface area contributed by atoms with Gasteiger partial charge in [0, 0.05) is 18.4 Å². The first-order chi connectivity index (χ1) is 11.5. The Kier molecular flexibility index (Phi) is 6.55. The van der Waals surface area contributed by atoms with Gasteiger partial charge in [0.25, 0.3) is 0 Å². The van der Waals surface area contributed by atoms with E-state index >= 15 is 0 Å². The molecule has 0 saturated carbocycles. The molecule has 0 aliphatic carbocycles. The summed E-state index contributed by atoms with van der Waals surface area (Å²) in [7, 11) is 4.17. The zero-order chi connectivity index (χ0) is 17.5. The molecule has 130 valence electrons. The van der Waals surface area contributed by atoms with Crippen molar-refractivity contribution >= 4 is 17.5 Å². The molecule has 0 radical (unpaired) electrons. The van der Waals surface area contributed by atoms with Crippen molar-refractivity contribution in [2.45, 2.75) is 33.1 Å². The van der Waals surface area contributed by atoms with Crippen molar-refractivity contribution in [3.05, 3.63) is 41.6 Å². The minimum atomic E-state index is 0.444. The van der Waals surface area contributed by atoms with Gasteiger partial charge in [-0.3, -0.25) is 0 Å². The predicted octanol–water partition coefficient (Wildman–Crippen LogP) is 4.02. The van der Waals surface area contributed by atoms with Crippen molar-refractivity contribution in [2.75, 3.05) is 37.8 Å². The molecule has 5 nitrogen and oxygen atoms in total. The van der Waals surface area contributed by atoms with Crippen LogP contribution in [-0.4, -0.2) is 42.1 Å². The fourth-order valence-electron chi connectivity index (χ4n) is 2.58. The van der Waals surface area contributed by atoms with E-state index in [0.29, 0.717) is 11.9 Å². The average molecular weight is 327 g/mol. The normalized spacial score (nSPS) is 11.1. The van der Waals surface area contributed by atoms with Crippen LogP contribution in [0.2, 0.25) is 0 Å². The molecule has 0 amide bonds. The molecular weight excluding hydrogens is 298 g/mol. The molecule has 2 rings (SSSR count). The number of hydrogen-bond acceptors (Lipinski definition) is 5. The topological polar surface area (TPSA) is 53.1 Å². The summed E-state index contributed by atoms with van der Waals surface area (Å²) in [6.07, 6.45) is 2.87. The molecule has 0 aliphatic rings. The third-order valence-corrected chi connectivity index (χ3v) is 3.91. The Morgan fingerprint density at radius 1 is 1.17 bits per heavy atom. The lowest BCUT2D eigenvalue weighted by molar-refractivity contribution is 0.405. The summed E-state index contributed by atoms with van der Waals surface area (Å²) in [6.45, 7) is 8.46. The van der Waals surface area contributed by atoms with Crippen LogP contribution in [0.25, 0.3) is 0 Å². The maximum atomic E-state index is 4.58. The van der Waals surface area contributed by atoms with Crippen LogP contribution >= 0.6 is 0 Å². The number of benzene rings is 1. The molecule has 0 unspecified atom stereocenters. The molecule has 5 heteroatoms. The Hall–Kier alpha value is -2.14. The molecule has 2 aromatic rings. The number of nitrogens with one attached hydrogen (secondary N) is 2. The summed E-state index contributed by atoms with van der Waals surface area (Å²) in [6, 6.07) is 8.27. The molecule has 2 N–H and O–H groups in total. The fraction of sp³-hybridized carbons (Fsp3) is 0.474. The van der Waals surface area contributed by atoms with Gasteiger partial charge in [-0.2, -0.15) is 4.98 Å². The van der Waals surface area contributed by atoms with Gasteiger partial charge in [-0.15, -0.1) is 0 Å². The van der Waals surface area contributed by atoms with Crippen LogP contribution in [0.3, 0.4) is 0 Å². The molecule has 0 aliphatic heterocycles. The van der Waals surface area contributed by atoms with Gasteiger partial charge in [0.05, 0.1) is 0 Å². The summed E-state index contributed by atoms with van der Waals surface area (Å²) in [5, 5.41) is 6.76. The minimum Gasteiger partial charge on any atom is -0.370 e. The van der Waals surface area contributed by atoms with E-state index in [9.17, 15) is 0 Å². The summed E-state index contributed by atoms with van der Waals surface area (Å²) >= 11 is 0. The average Bonchev–Trinajstić information content (AvgIpc) is 2.53. The molecule has 0 saturated heterocycles. The third-order valence-electron chi connectivity index (χ3n) is 3.91. The van der Waals surface area contributed by atoms with Gasteiger partial charge < -0.3 is 15.5 Å². The zero-order valence-corrected chi connectivity index (χ0v) is 15.4. The highest BCUT2D eigenvalue weighted by Crippen LogP contribution is 2.29. The lowest BCUT2D eigenvalue weighted by atomic mass is 9.98. The van der Waals surface area contributed by atoms with Gasteiger partial charge in [0.1, 0.15) is 5.82 Å². The number of hydrogen-bond donors (Lipinski definition) is 2. The first-order valence-corrected chi connectivity index (χ1v) is 8.55. The van der Waals surface area contributed by atoms with Gasteiger partial charge in [0.15, 0.2) is 0 Å². The van der Waals surface area contributed by atoms with Crippen molar-refractivity contribution in [3.63, 3.8) is 0 Å². The largest absolute Gasteiger partial charge is 0.370 e. The van der Waals surface area contributed by atoms with Crippen molar-refractivity contribution in [3.8, 4) is 0 Å². The smallest absolute Gasteiger partial charge is 0.229 e. The molecule has 0 atom stereocenters. The van der Waals surface area contributed by atoms with Crippen LogP contribution in [0, 0.1) is 6.92 Å². The Labute approximate surface area is 145 Å². The second-order valence-corrected chi connectivity index (χ2v) is 6.67. The quantitative estimate of drug-likeness (QED) is 0.717. The van der Waals surface area contributed by atoms with Crippen LogP contribution in [0.4, 0.5) is 17.5 Å². The van der Waals surface area contributed by atoms with Crippen LogP contribution in [-0.2, 0) is 0 Å². The molecule has 24 heavy (non-hydrogen) atoms. The van der Waals surface area contributed by atoms with Gasteiger partial charge in [-0.25, -0.2) is 4.98 Å². The lowest BCUT2D eigenvalue weighted by Crippen LogP contribution is -2.16. The van der Waals surface area contributed by atoms with Crippen molar-refractivity contribution < 1.29 is 0 Å². The van der Waals surface area contributed by atoms with E-state index in [4.69, 9.17) is 0 Å². The number of aryl methyl sites for hydroxylation is 1. The van der Waals surface area contributed by atoms with E-state index in [0.717, 1.165) is 31.0 Å². The van der Waals surface area contributed by atoms with Gasteiger partial charge >= 0.3 is 0 Å². The van der Waals surface area contributed by atoms with E-state index in [1.54, 1.807) is 6.20 Å². The number of para-hydroxylation sites is 1. The van der Waals surface area contributed by atoms with Crippen LogP contribution in [0.5, 0.6) is 0 Å². The summed E-state index contributed by atoms with van der Waals surface area (Å²) in [5.41, 5.74) is 3.59. The van der Waals surface area contributed by atoms with E-state index in [1.807, 2.05) is 6.07 Å². The SMILES string of the molecule is Cc1cccc(C(C)C)c1Nc1nccc(NCCCN(C)C)n1. The molecule has 1 aromatic carbocycles. The van der Waals surface area contributed by atoms with Gasteiger partial charge in [-0.1, -0.05) is 32.0 Å². The number of rotatable bonds is 8. The monoisotopic (exact) mass is 327 g/mol. The highest BCUT2D eigenvalue weighted by atomic mass is 15.1. The molecule has 0 bridgehead atoms. The highest BCUT2D eigenvalue weighted by Gasteiger charge is 2.10. The van der Waals surface area contributed by atoms with E-state index in [1.165, 1.54) is 11.1 Å². The summed E-state index contributed by atoms with van der Waals surface area (Å²) in [5.74, 6) is 1.93. The van der Waals surface area contributed by atoms with Crippen molar-refractivity contribution in [1.82, 2.24) is 14.9 Å². The number of nitrogens with zero attached hydrogens (tertiary/aromatic N) is 3. The Balaban J connectivity index is 2.07. The minimum absolute atomic E-state index is 0.444. The van der Waals surface area contributed by atoms with Crippen LogP contribution in [0.1, 0.15) is 37.3 Å². The van der Waals surface area contributed by atoms with Crippen molar-refractivity contribution in [2.24, 2.45) is 0 Å². The fourth-order valence-corrected chi connectivity index (χ4v) is 2.58. The standard InChI is InChI=1S/C19H29N5/c1-14(2)16-9-6-8-15(3)18(16)23-19-21-12-10-17(22-19)20-11-7-13-24(4)5/h6,8-10,12,14H,7,11,13H2,1-5H3,(H2,20,21,22,23). The Morgan fingerprint density at radius 3 is 2.67 bits per heavy atom. The van der Waals surface area contributed by atoms with Crippen LogP contribution in [0.15, 0.2) is 30.5 Å². The Bertz CT molecular complexity index is 652. The first-order valence-electron chi connectivity index (χ1n) is 8.55. The molecule has 1 heterocycles. The maximum absolute atomic E-state index is 4.58. The highest BCUT2D eigenvalue weighted by molar-refractivity contribution is 5.64. The van der Waals surface area contributed by atoms with Crippen LogP contribution < -0.4 is 10.6 Å². The maximum Gasteiger partial charge on any atom is 0.229 e. The van der Waals surface area contributed by atoms with E-state index < -0.39 is 0 Å². The van der Waals surface area contributed by atoms with E-state index in [2.05, 4.69) is 78.6 Å². The van der Waals surface area contributed by atoms with Crippen molar-refractivity contribution in [1.29, 1.82) is 0 Å².